The van der Waals surface area contributed by atoms with Gasteiger partial charge in [-0.05, 0) is 25.0 Å². The van der Waals surface area contributed by atoms with Crippen LogP contribution in [-0.4, -0.2) is 30.1 Å². The fraction of sp³-hybridized carbons (Fsp3) is 0.500. The van der Waals surface area contributed by atoms with Crippen molar-refractivity contribution in [2.24, 2.45) is 16.1 Å². The summed E-state index contributed by atoms with van der Waals surface area (Å²) in [6.07, 6.45) is 3.55. The fourth-order valence-corrected chi connectivity index (χ4v) is 2.34. The molecule has 0 saturated carbocycles. The molecule has 5 heteroatoms. The summed E-state index contributed by atoms with van der Waals surface area (Å²) in [6.45, 7) is 7.04. The number of aliphatic hydroxyl groups is 1. The largest absolute Gasteiger partial charge is 0.512 e. The lowest BCUT2D eigenvalue weighted by Crippen LogP contribution is -2.42. The number of rotatable bonds is 4. The van der Waals surface area contributed by atoms with Crippen molar-refractivity contribution in [2.45, 2.75) is 39.7 Å². The number of para-hydroxylation sites is 1. The number of nitrogens with two attached hydrogens (primary N) is 1. The molecule has 23 heavy (non-hydrogen) atoms. The van der Waals surface area contributed by atoms with Gasteiger partial charge in [-0.25, -0.2) is 5.06 Å². The van der Waals surface area contributed by atoms with Gasteiger partial charge in [0, 0.05) is 11.5 Å². The number of benzene rings is 1. The molecule has 0 amide bonds. The topological polar surface area (TPSA) is 71.1 Å². The number of hydroxylamine groups is 1. The predicted octanol–water partition coefficient (Wildman–Crippen LogP) is 3.43. The molecule has 2 rings (SSSR count). The molecule has 0 unspecified atom stereocenters. The number of hydrogen-bond donors (Lipinski definition) is 2. The summed E-state index contributed by atoms with van der Waals surface area (Å²) in [7, 11) is 0. The van der Waals surface area contributed by atoms with Crippen LogP contribution in [0.15, 0.2) is 47.2 Å². The summed E-state index contributed by atoms with van der Waals surface area (Å²) in [5, 5.41) is 11.9. The molecule has 0 bridgehead atoms. The molecule has 1 atom stereocenters. The normalized spacial score (nSPS) is 20.7. The van der Waals surface area contributed by atoms with Gasteiger partial charge in [0.1, 0.15) is 11.6 Å². The monoisotopic (exact) mass is 317 g/mol. The van der Waals surface area contributed by atoms with E-state index in [9.17, 15) is 5.11 Å². The molecule has 0 aliphatic carbocycles. The number of amidine groups is 1. The Morgan fingerprint density at radius 1 is 1.39 bits per heavy atom. The molecule has 1 fully saturated rings. The summed E-state index contributed by atoms with van der Waals surface area (Å²) in [5.74, 6) is 0.578. The van der Waals surface area contributed by atoms with Crippen molar-refractivity contribution in [3.05, 3.63) is 42.2 Å². The second-order valence-corrected chi connectivity index (χ2v) is 6.84. The minimum absolute atomic E-state index is 0.148. The van der Waals surface area contributed by atoms with E-state index in [1.165, 1.54) is 6.08 Å². The Hall–Kier alpha value is -2.01. The zero-order valence-corrected chi connectivity index (χ0v) is 14.2. The van der Waals surface area contributed by atoms with Crippen molar-refractivity contribution in [2.75, 3.05) is 18.2 Å². The third-order valence-corrected chi connectivity index (χ3v) is 3.79. The SMILES string of the molecule is CC(C)(C)/C(O)=C/C(N)=NC[C@@H]1CCCON1c1ccccc1. The van der Waals surface area contributed by atoms with Crippen molar-refractivity contribution in [1.29, 1.82) is 0 Å². The van der Waals surface area contributed by atoms with Gasteiger partial charge >= 0.3 is 0 Å². The van der Waals surface area contributed by atoms with Gasteiger partial charge in [0.25, 0.3) is 0 Å². The first-order valence-corrected chi connectivity index (χ1v) is 8.06. The van der Waals surface area contributed by atoms with Gasteiger partial charge in [0.2, 0.25) is 0 Å². The van der Waals surface area contributed by atoms with Crippen molar-refractivity contribution in [3.8, 4) is 0 Å². The van der Waals surface area contributed by atoms with Gasteiger partial charge in [-0.1, -0.05) is 39.0 Å². The summed E-state index contributed by atoms with van der Waals surface area (Å²) >= 11 is 0. The Bertz CT molecular complexity index is 561. The Labute approximate surface area is 138 Å². The van der Waals surface area contributed by atoms with Crippen LogP contribution < -0.4 is 10.8 Å². The molecular formula is C18H27N3O2. The Kier molecular flexibility index (Phi) is 5.66. The third kappa shape index (κ3) is 4.99. The van der Waals surface area contributed by atoms with Crippen LogP contribution >= 0.6 is 0 Å². The van der Waals surface area contributed by atoms with E-state index >= 15 is 0 Å². The lowest BCUT2D eigenvalue weighted by atomic mass is 9.93. The number of anilines is 1. The van der Waals surface area contributed by atoms with Crippen LogP contribution in [0.5, 0.6) is 0 Å². The molecule has 1 heterocycles. The summed E-state index contributed by atoms with van der Waals surface area (Å²) in [5.41, 5.74) is 6.62. The number of aliphatic hydroxyl groups excluding tert-OH is 1. The molecule has 1 aliphatic heterocycles. The summed E-state index contributed by atoms with van der Waals surface area (Å²) in [4.78, 5) is 10.2. The van der Waals surface area contributed by atoms with Crippen LogP contribution in [0.25, 0.3) is 0 Å². The number of allylic oxidation sites excluding steroid dienone is 1. The molecule has 0 spiro atoms. The number of aliphatic imine (C=N–C) groups is 1. The maximum Gasteiger partial charge on any atom is 0.121 e. The third-order valence-electron chi connectivity index (χ3n) is 3.79. The van der Waals surface area contributed by atoms with E-state index in [-0.39, 0.29) is 17.2 Å². The molecule has 1 aliphatic rings. The summed E-state index contributed by atoms with van der Waals surface area (Å²) < 4.78 is 0. The van der Waals surface area contributed by atoms with E-state index in [2.05, 4.69) is 4.99 Å². The first-order chi connectivity index (χ1) is 10.9. The highest BCUT2D eigenvalue weighted by Gasteiger charge is 2.24. The van der Waals surface area contributed by atoms with E-state index in [1.54, 1.807) is 0 Å². The number of nitrogens with zero attached hydrogens (tertiary/aromatic N) is 2. The first-order valence-electron chi connectivity index (χ1n) is 8.06. The second-order valence-electron chi connectivity index (χ2n) is 6.84. The molecule has 0 aromatic heterocycles. The maximum atomic E-state index is 9.99. The smallest absolute Gasteiger partial charge is 0.121 e. The minimum Gasteiger partial charge on any atom is -0.512 e. The highest BCUT2D eigenvalue weighted by Crippen LogP contribution is 2.24. The zero-order valence-electron chi connectivity index (χ0n) is 14.2. The molecule has 1 saturated heterocycles. The molecule has 1 aromatic carbocycles. The van der Waals surface area contributed by atoms with Gasteiger partial charge in [-0.3, -0.25) is 9.83 Å². The Morgan fingerprint density at radius 3 is 2.74 bits per heavy atom. The quantitative estimate of drug-likeness (QED) is 0.507. The van der Waals surface area contributed by atoms with Crippen LogP contribution in [0.3, 0.4) is 0 Å². The average molecular weight is 317 g/mol. The molecular weight excluding hydrogens is 290 g/mol. The molecule has 126 valence electrons. The highest BCUT2D eigenvalue weighted by molar-refractivity contribution is 5.91. The van der Waals surface area contributed by atoms with Gasteiger partial charge in [-0.15, -0.1) is 0 Å². The Morgan fingerprint density at radius 2 is 2.09 bits per heavy atom. The van der Waals surface area contributed by atoms with Crippen molar-refractivity contribution < 1.29 is 9.94 Å². The van der Waals surface area contributed by atoms with Crippen molar-refractivity contribution >= 4 is 11.5 Å². The zero-order chi connectivity index (χ0) is 16.9. The van der Waals surface area contributed by atoms with Crippen LogP contribution in [0.2, 0.25) is 0 Å². The van der Waals surface area contributed by atoms with Gasteiger partial charge in [-0.2, -0.15) is 0 Å². The number of hydrogen-bond acceptors (Lipinski definition) is 4. The van der Waals surface area contributed by atoms with Crippen molar-refractivity contribution in [3.63, 3.8) is 0 Å². The molecule has 0 radical (unpaired) electrons. The van der Waals surface area contributed by atoms with Crippen LogP contribution in [0, 0.1) is 5.41 Å². The molecule has 3 N–H and O–H groups in total. The lowest BCUT2D eigenvalue weighted by molar-refractivity contribution is 0.0509. The van der Waals surface area contributed by atoms with Crippen LogP contribution in [0.1, 0.15) is 33.6 Å². The second kappa shape index (κ2) is 7.51. The van der Waals surface area contributed by atoms with E-state index in [4.69, 9.17) is 10.6 Å². The average Bonchev–Trinajstić information content (AvgIpc) is 2.53. The van der Waals surface area contributed by atoms with Gasteiger partial charge < -0.3 is 10.8 Å². The van der Waals surface area contributed by atoms with Crippen molar-refractivity contribution in [1.82, 2.24) is 0 Å². The molecule has 5 nitrogen and oxygen atoms in total. The van der Waals surface area contributed by atoms with Gasteiger partial charge in [0.15, 0.2) is 0 Å². The first kappa shape index (κ1) is 17.3. The predicted molar refractivity (Wildman–Crippen MR) is 94.6 cm³/mol. The summed E-state index contributed by atoms with van der Waals surface area (Å²) in [6, 6.07) is 10.2. The van der Waals surface area contributed by atoms with Gasteiger partial charge in [0.05, 0.1) is 24.9 Å². The lowest BCUT2D eigenvalue weighted by Gasteiger charge is -2.35. The van der Waals surface area contributed by atoms with Crippen LogP contribution in [-0.2, 0) is 4.84 Å². The minimum atomic E-state index is -0.329. The van der Waals surface area contributed by atoms with E-state index in [1.807, 2.05) is 56.2 Å². The highest BCUT2D eigenvalue weighted by atomic mass is 16.7. The van der Waals surface area contributed by atoms with E-state index < -0.39 is 0 Å². The standard InChI is InChI=1S/C18H27N3O2/c1-18(2,3)16(22)12-17(19)20-13-15-10-7-11-23-21(15)14-8-5-4-6-9-14/h4-6,8-9,12,15,22H,7,10-11,13H2,1-3H3,(H2,19,20)/b16-12-/t15-/m0/s1. The van der Waals surface area contributed by atoms with E-state index in [0.29, 0.717) is 12.4 Å². The van der Waals surface area contributed by atoms with Crippen LogP contribution in [0.4, 0.5) is 5.69 Å². The maximum absolute atomic E-state index is 9.99. The Balaban J connectivity index is 2.06. The fourth-order valence-electron chi connectivity index (χ4n) is 2.34. The molecule has 1 aromatic rings. The van der Waals surface area contributed by atoms with E-state index in [0.717, 1.165) is 25.1 Å².